The Morgan fingerprint density at radius 1 is 1.10 bits per heavy atom. The maximum Gasteiger partial charge on any atom is 0.294 e. The molecular formula is C28H29N9O2. The summed E-state index contributed by atoms with van der Waals surface area (Å²) in [5, 5.41) is 14.8. The minimum Gasteiger partial charge on any atom is -0.365 e. The molecule has 5 aromatic rings. The van der Waals surface area contributed by atoms with Gasteiger partial charge in [0.05, 0.1) is 30.7 Å². The fourth-order valence-electron chi connectivity index (χ4n) is 4.62. The van der Waals surface area contributed by atoms with Crippen LogP contribution in [0.4, 0.5) is 5.82 Å². The van der Waals surface area contributed by atoms with Gasteiger partial charge < -0.3 is 20.9 Å². The summed E-state index contributed by atoms with van der Waals surface area (Å²) < 4.78 is 3.35. The molecule has 1 aromatic carbocycles. The lowest BCUT2D eigenvalue weighted by Crippen LogP contribution is -2.43. The molecule has 4 aromatic heterocycles. The Morgan fingerprint density at radius 2 is 1.97 bits per heavy atom. The van der Waals surface area contributed by atoms with Crippen molar-refractivity contribution in [2.75, 3.05) is 25.0 Å². The number of nitrogens with one attached hydrogen (secondary N) is 4. The van der Waals surface area contributed by atoms with Gasteiger partial charge in [0.25, 0.3) is 5.56 Å². The fraction of sp³-hybridized carbons (Fsp3) is 0.250. The van der Waals surface area contributed by atoms with Crippen LogP contribution in [0.2, 0.25) is 0 Å². The van der Waals surface area contributed by atoms with E-state index in [4.69, 9.17) is 0 Å². The van der Waals surface area contributed by atoms with Crippen molar-refractivity contribution in [3.8, 4) is 11.3 Å². The van der Waals surface area contributed by atoms with Crippen LogP contribution in [0.15, 0.2) is 78.2 Å². The highest BCUT2D eigenvalue weighted by Gasteiger charge is 2.21. The summed E-state index contributed by atoms with van der Waals surface area (Å²) in [6.45, 7) is 2.39. The minimum absolute atomic E-state index is 0.151. The Labute approximate surface area is 224 Å². The van der Waals surface area contributed by atoms with Gasteiger partial charge >= 0.3 is 0 Å². The van der Waals surface area contributed by atoms with E-state index in [2.05, 4.69) is 36.0 Å². The second-order valence-corrected chi connectivity index (χ2v) is 9.60. The highest BCUT2D eigenvalue weighted by Crippen LogP contribution is 2.21. The zero-order valence-corrected chi connectivity index (χ0v) is 21.3. The Kier molecular flexibility index (Phi) is 6.88. The number of hydrogen-bond donors (Lipinski definition) is 4. The molecule has 0 radical (unpaired) electrons. The van der Waals surface area contributed by atoms with Crippen molar-refractivity contribution in [3.05, 3.63) is 95.1 Å². The molecule has 1 aliphatic heterocycles. The molecule has 11 heteroatoms. The van der Waals surface area contributed by atoms with Gasteiger partial charge in [0.15, 0.2) is 5.82 Å². The van der Waals surface area contributed by atoms with Gasteiger partial charge in [0, 0.05) is 60.4 Å². The van der Waals surface area contributed by atoms with Crippen molar-refractivity contribution in [1.82, 2.24) is 39.9 Å². The summed E-state index contributed by atoms with van der Waals surface area (Å²) in [6, 6.07) is 14.1. The van der Waals surface area contributed by atoms with Crippen LogP contribution in [0, 0.1) is 0 Å². The number of H-pyrrole nitrogens is 1. The van der Waals surface area contributed by atoms with E-state index in [1.807, 2.05) is 53.3 Å². The van der Waals surface area contributed by atoms with E-state index in [1.54, 1.807) is 24.8 Å². The lowest BCUT2D eigenvalue weighted by Gasteiger charge is -2.27. The summed E-state index contributed by atoms with van der Waals surface area (Å²) in [7, 11) is 0. The second-order valence-electron chi connectivity index (χ2n) is 9.60. The maximum absolute atomic E-state index is 13.5. The van der Waals surface area contributed by atoms with E-state index in [1.165, 1.54) is 4.57 Å². The van der Waals surface area contributed by atoms with E-state index < -0.39 is 0 Å². The molecular weight excluding hydrogens is 494 g/mol. The van der Waals surface area contributed by atoms with Crippen molar-refractivity contribution in [3.63, 3.8) is 0 Å². The lowest BCUT2D eigenvalue weighted by atomic mass is 10.1. The monoisotopic (exact) mass is 523 g/mol. The molecule has 1 saturated heterocycles. The molecule has 0 spiro atoms. The van der Waals surface area contributed by atoms with Crippen molar-refractivity contribution >= 4 is 22.6 Å². The molecule has 0 atom stereocenters. The molecule has 11 nitrogen and oxygen atoms in total. The van der Waals surface area contributed by atoms with E-state index >= 15 is 0 Å². The summed E-state index contributed by atoms with van der Waals surface area (Å²) in [5.74, 6) is -0.0756. The summed E-state index contributed by atoms with van der Waals surface area (Å²) >= 11 is 0. The van der Waals surface area contributed by atoms with Crippen LogP contribution in [0.1, 0.15) is 17.3 Å². The quantitative estimate of drug-likeness (QED) is 0.220. The second kappa shape index (κ2) is 10.9. The van der Waals surface area contributed by atoms with Gasteiger partial charge in [0.2, 0.25) is 5.91 Å². The smallest absolute Gasteiger partial charge is 0.294 e. The van der Waals surface area contributed by atoms with Crippen molar-refractivity contribution in [1.29, 1.82) is 0 Å². The van der Waals surface area contributed by atoms with Crippen LogP contribution in [0.5, 0.6) is 0 Å². The number of anilines is 1. The molecule has 4 N–H and O–H groups in total. The topological polar surface area (TPSA) is 135 Å². The molecule has 0 saturated carbocycles. The third kappa shape index (κ3) is 5.43. The SMILES string of the molecule is O=C(Cn1c(-c2cnn(C3CNC3)c2)cnc(NCCc2ccccc2)c1=O)NCc1cc2cnccc2[nH]1. The van der Waals surface area contributed by atoms with Crippen molar-refractivity contribution in [2.24, 2.45) is 0 Å². The minimum atomic E-state index is -0.356. The van der Waals surface area contributed by atoms with Gasteiger partial charge in [0.1, 0.15) is 6.54 Å². The maximum atomic E-state index is 13.5. The Balaban J connectivity index is 1.21. The van der Waals surface area contributed by atoms with Gasteiger partial charge in [-0.15, -0.1) is 0 Å². The van der Waals surface area contributed by atoms with Crippen LogP contribution in [0.25, 0.3) is 22.2 Å². The highest BCUT2D eigenvalue weighted by molar-refractivity contribution is 5.80. The number of rotatable bonds is 10. The van der Waals surface area contributed by atoms with Crippen LogP contribution in [0.3, 0.4) is 0 Å². The highest BCUT2D eigenvalue weighted by atomic mass is 16.2. The molecule has 0 unspecified atom stereocenters. The van der Waals surface area contributed by atoms with Gasteiger partial charge in [-0.25, -0.2) is 4.98 Å². The molecule has 6 rings (SSSR count). The molecule has 39 heavy (non-hydrogen) atoms. The van der Waals surface area contributed by atoms with Crippen molar-refractivity contribution < 1.29 is 4.79 Å². The standard InChI is InChI=1S/C28H29N9O2/c38-26(32-13-22-10-20-11-29-8-7-24(20)35-22)18-36-25(21-12-34-37(17-21)23-14-30-15-23)16-33-27(28(36)39)31-9-6-19-4-2-1-3-5-19/h1-5,7-8,10-12,16-17,23,30,35H,6,9,13-15,18H2,(H,31,33)(H,32,38). The molecule has 5 heterocycles. The molecule has 0 bridgehead atoms. The number of pyridine rings is 1. The van der Waals surface area contributed by atoms with E-state index in [0.717, 1.165) is 47.2 Å². The van der Waals surface area contributed by atoms with Crippen LogP contribution in [-0.2, 0) is 24.3 Å². The average Bonchev–Trinajstić information content (AvgIpc) is 3.56. The molecule has 1 fully saturated rings. The first-order valence-corrected chi connectivity index (χ1v) is 13.0. The van der Waals surface area contributed by atoms with Gasteiger partial charge in [-0.3, -0.25) is 23.8 Å². The molecule has 0 aliphatic carbocycles. The van der Waals surface area contributed by atoms with Crippen LogP contribution < -0.4 is 21.5 Å². The number of aromatic nitrogens is 6. The Hall–Kier alpha value is -4.77. The predicted octanol–water partition coefficient (Wildman–Crippen LogP) is 2.10. The number of aromatic amines is 1. The van der Waals surface area contributed by atoms with Crippen LogP contribution in [-0.4, -0.2) is 54.8 Å². The number of fused-ring (bicyclic) bond motifs is 1. The van der Waals surface area contributed by atoms with E-state index in [-0.39, 0.29) is 29.9 Å². The van der Waals surface area contributed by atoms with Gasteiger partial charge in [-0.05, 0) is 24.1 Å². The molecule has 198 valence electrons. The first kappa shape index (κ1) is 24.6. The van der Waals surface area contributed by atoms with E-state index in [0.29, 0.717) is 18.8 Å². The number of benzene rings is 1. The first-order valence-electron chi connectivity index (χ1n) is 13.0. The average molecular weight is 524 g/mol. The fourth-order valence-corrected chi connectivity index (χ4v) is 4.62. The number of hydrogen-bond acceptors (Lipinski definition) is 7. The number of amides is 1. The lowest BCUT2D eigenvalue weighted by molar-refractivity contribution is -0.121. The van der Waals surface area contributed by atoms with E-state index in [9.17, 15) is 9.59 Å². The van der Waals surface area contributed by atoms with Crippen LogP contribution >= 0.6 is 0 Å². The zero-order valence-electron chi connectivity index (χ0n) is 21.3. The number of carbonyl (C=O) groups excluding carboxylic acids is 1. The van der Waals surface area contributed by atoms with Crippen molar-refractivity contribution in [2.45, 2.75) is 25.6 Å². The molecule has 1 amide bonds. The third-order valence-electron chi connectivity index (χ3n) is 6.89. The predicted molar refractivity (Wildman–Crippen MR) is 148 cm³/mol. The molecule has 1 aliphatic rings. The Bertz CT molecular complexity index is 1620. The first-order chi connectivity index (χ1) is 19.1. The number of nitrogens with zero attached hydrogens (tertiary/aromatic N) is 5. The zero-order chi connectivity index (χ0) is 26.6. The largest absolute Gasteiger partial charge is 0.365 e. The summed E-state index contributed by atoms with van der Waals surface area (Å²) in [5.41, 5.74) is 3.88. The normalized spacial score (nSPS) is 13.3. The number of carbonyl (C=O) groups is 1. The van der Waals surface area contributed by atoms with Gasteiger partial charge in [-0.1, -0.05) is 30.3 Å². The summed E-state index contributed by atoms with van der Waals surface area (Å²) in [4.78, 5) is 38.4. The Morgan fingerprint density at radius 3 is 2.77 bits per heavy atom. The summed E-state index contributed by atoms with van der Waals surface area (Å²) in [6.07, 6.45) is 9.47. The van der Waals surface area contributed by atoms with Gasteiger partial charge in [-0.2, -0.15) is 5.10 Å². The third-order valence-corrected chi connectivity index (χ3v) is 6.89.